The van der Waals surface area contributed by atoms with Gasteiger partial charge in [-0.15, -0.1) is 16.4 Å². The Bertz CT molecular complexity index is 1110. The maximum Gasteiger partial charge on any atom is 0.314 e. The number of amides is 2. The molecule has 6 nitrogen and oxygen atoms in total. The first-order chi connectivity index (χ1) is 14.2. The highest BCUT2D eigenvalue weighted by atomic mass is 32.1. The molecule has 0 aliphatic heterocycles. The van der Waals surface area contributed by atoms with Crippen LogP contribution in [0.2, 0.25) is 0 Å². The molecule has 2 heterocycles. The zero-order valence-corrected chi connectivity index (χ0v) is 16.5. The van der Waals surface area contributed by atoms with Crippen molar-refractivity contribution in [3.8, 4) is 11.4 Å². The Morgan fingerprint density at radius 3 is 2.62 bits per heavy atom. The molecule has 0 saturated carbocycles. The first kappa shape index (κ1) is 19.1. The molecule has 0 radical (unpaired) electrons. The molecule has 0 aliphatic rings. The van der Waals surface area contributed by atoms with Gasteiger partial charge in [0.1, 0.15) is 5.82 Å². The third-order valence-corrected chi connectivity index (χ3v) is 5.31. The quantitative estimate of drug-likeness (QED) is 0.489. The molecule has 0 atom stereocenters. The van der Waals surface area contributed by atoms with Crippen molar-refractivity contribution in [3.63, 3.8) is 0 Å². The van der Waals surface area contributed by atoms with Gasteiger partial charge in [0.15, 0.2) is 5.82 Å². The molecule has 0 bridgehead atoms. The van der Waals surface area contributed by atoms with Crippen LogP contribution in [-0.4, -0.2) is 33.7 Å². The molecule has 0 spiro atoms. The van der Waals surface area contributed by atoms with E-state index in [-0.39, 0.29) is 11.8 Å². The molecule has 4 rings (SSSR count). The highest BCUT2D eigenvalue weighted by Crippen LogP contribution is 2.21. The van der Waals surface area contributed by atoms with Crippen molar-refractivity contribution >= 4 is 22.3 Å². The van der Waals surface area contributed by atoms with Crippen molar-refractivity contribution in [2.75, 3.05) is 13.1 Å². The smallest absolute Gasteiger partial charge is 0.314 e. The van der Waals surface area contributed by atoms with Gasteiger partial charge in [0, 0.05) is 30.5 Å². The van der Waals surface area contributed by atoms with Gasteiger partial charge in [-0.25, -0.2) is 13.7 Å². The number of hydrogen-bond acceptors (Lipinski definition) is 4. The maximum absolute atomic E-state index is 13.4. The van der Waals surface area contributed by atoms with E-state index in [1.807, 2.05) is 35.7 Å². The Kier molecular flexibility index (Phi) is 5.81. The Labute approximate surface area is 171 Å². The van der Waals surface area contributed by atoms with Crippen LogP contribution in [0.15, 0.2) is 60.0 Å². The molecule has 2 aromatic carbocycles. The number of fused-ring (bicyclic) bond motifs is 1. The van der Waals surface area contributed by atoms with E-state index in [1.54, 1.807) is 16.6 Å². The number of thiazole rings is 1. The zero-order valence-electron chi connectivity index (χ0n) is 15.6. The number of carbonyl (C=O) groups excluding carboxylic acids is 1. The minimum absolute atomic E-state index is 0.188. The maximum atomic E-state index is 13.4. The molecule has 2 aromatic heterocycles. The summed E-state index contributed by atoms with van der Waals surface area (Å²) in [5, 5.41) is 12.2. The van der Waals surface area contributed by atoms with Crippen LogP contribution in [0.25, 0.3) is 16.3 Å². The molecule has 2 N–H and O–H groups in total. The average Bonchev–Trinajstić information content (AvgIpc) is 3.31. The van der Waals surface area contributed by atoms with Crippen molar-refractivity contribution in [1.29, 1.82) is 0 Å². The summed E-state index contributed by atoms with van der Waals surface area (Å²) in [5.41, 5.74) is 2.78. The monoisotopic (exact) mass is 409 g/mol. The van der Waals surface area contributed by atoms with E-state index in [2.05, 4.69) is 20.7 Å². The number of urea groups is 1. The molecule has 8 heteroatoms. The number of hydrogen-bond donors (Lipinski definition) is 2. The second kappa shape index (κ2) is 8.83. The van der Waals surface area contributed by atoms with Crippen molar-refractivity contribution in [2.24, 2.45) is 0 Å². The highest BCUT2D eigenvalue weighted by Gasteiger charge is 2.12. The number of nitrogens with zero attached hydrogens (tertiary/aromatic N) is 3. The number of nitrogens with one attached hydrogen (secondary N) is 2. The number of halogens is 1. The van der Waals surface area contributed by atoms with Crippen molar-refractivity contribution < 1.29 is 9.18 Å². The number of rotatable bonds is 7. The molecule has 0 unspecified atom stereocenters. The normalized spacial score (nSPS) is 10.9. The predicted octanol–water partition coefficient (Wildman–Crippen LogP) is 3.68. The second-order valence-electron chi connectivity index (χ2n) is 6.54. The van der Waals surface area contributed by atoms with Crippen LogP contribution in [0.3, 0.4) is 0 Å². The lowest BCUT2D eigenvalue weighted by Crippen LogP contribution is -2.37. The van der Waals surface area contributed by atoms with Gasteiger partial charge in [-0.3, -0.25) is 0 Å². The van der Waals surface area contributed by atoms with Crippen molar-refractivity contribution in [1.82, 2.24) is 25.2 Å². The predicted molar refractivity (Wildman–Crippen MR) is 112 cm³/mol. The summed E-state index contributed by atoms with van der Waals surface area (Å²) in [6.07, 6.45) is 1.42. The van der Waals surface area contributed by atoms with Gasteiger partial charge in [-0.2, -0.15) is 4.98 Å². The highest BCUT2D eigenvalue weighted by molar-refractivity contribution is 7.15. The summed E-state index contributed by atoms with van der Waals surface area (Å²) in [6.45, 7) is 1.07. The van der Waals surface area contributed by atoms with E-state index in [0.29, 0.717) is 30.9 Å². The van der Waals surface area contributed by atoms with Crippen LogP contribution in [-0.2, 0) is 12.8 Å². The lowest BCUT2D eigenvalue weighted by Gasteiger charge is -2.07. The van der Waals surface area contributed by atoms with Crippen LogP contribution in [0.5, 0.6) is 0 Å². The third-order valence-electron chi connectivity index (χ3n) is 4.44. The summed E-state index contributed by atoms with van der Waals surface area (Å²) in [4.78, 5) is 17.2. The lowest BCUT2D eigenvalue weighted by atomic mass is 10.1. The van der Waals surface area contributed by atoms with E-state index in [4.69, 9.17) is 0 Å². The fourth-order valence-corrected chi connectivity index (χ4v) is 3.83. The summed E-state index contributed by atoms with van der Waals surface area (Å²) in [5.74, 6) is 0.174. The van der Waals surface area contributed by atoms with Crippen LogP contribution in [0.4, 0.5) is 9.18 Å². The third kappa shape index (κ3) is 4.78. The Hall–Kier alpha value is -3.26. The molecule has 0 saturated heterocycles. The van der Waals surface area contributed by atoms with E-state index in [0.717, 1.165) is 17.1 Å². The molecule has 0 fully saturated rings. The van der Waals surface area contributed by atoms with Crippen LogP contribution >= 0.6 is 11.3 Å². The minimum Gasteiger partial charge on any atom is -0.338 e. The Morgan fingerprint density at radius 1 is 1.03 bits per heavy atom. The van der Waals surface area contributed by atoms with Crippen LogP contribution < -0.4 is 10.6 Å². The van der Waals surface area contributed by atoms with Crippen LogP contribution in [0.1, 0.15) is 11.3 Å². The Morgan fingerprint density at radius 2 is 1.83 bits per heavy atom. The fraction of sp³-hybridized carbons (Fsp3) is 0.190. The largest absolute Gasteiger partial charge is 0.338 e. The average molecular weight is 409 g/mol. The first-order valence-corrected chi connectivity index (χ1v) is 10.2. The van der Waals surface area contributed by atoms with Gasteiger partial charge in [-0.1, -0.05) is 42.5 Å². The Balaban J connectivity index is 1.29. The lowest BCUT2D eigenvalue weighted by molar-refractivity contribution is 0.241. The van der Waals surface area contributed by atoms with E-state index in [1.165, 1.54) is 29.0 Å². The first-order valence-electron chi connectivity index (χ1n) is 9.34. The van der Waals surface area contributed by atoms with Crippen molar-refractivity contribution in [3.05, 3.63) is 77.1 Å². The van der Waals surface area contributed by atoms with E-state index >= 15 is 0 Å². The van der Waals surface area contributed by atoms with Gasteiger partial charge >= 0.3 is 6.03 Å². The molecular formula is C21H20FN5OS. The molecule has 4 aromatic rings. The molecule has 0 aliphatic carbocycles. The van der Waals surface area contributed by atoms with Gasteiger partial charge in [0.05, 0.1) is 5.69 Å². The van der Waals surface area contributed by atoms with Gasteiger partial charge in [-0.05, 0) is 24.1 Å². The summed E-state index contributed by atoms with van der Waals surface area (Å²) in [7, 11) is 0. The molecule has 2 amide bonds. The second-order valence-corrected chi connectivity index (χ2v) is 7.37. The summed E-state index contributed by atoms with van der Waals surface area (Å²) >= 11 is 1.47. The van der Waals surface area contributed by atoms with E-state index in [9.17, 15) is 9.18 Å². The molecule has 29 heavy (non-hydrogen) atoms. The van der Waals surface area contributed by atoms with Crippen molar-refractivity contribution in [2.45, 2.75) is 12.8 Å². The molecule has 148 valence electrons. The zero-order chi connectivity index (χ0) is 20.1. The van der Waals surface area contributed by atoms with Gasteiger partial charge in [0.25, 0.3) is 0 Å². The van der Waals surface area contributed by atoms with Gasteiger partial charge < -0.3 is 10.6 Å². The number of benzene rings is 2. The topological polar surface area (TPSA) is 71.3 Å². The minimum atomic E-state index is -0.316. The molecular weight excluding hydrogens is 389 g/mol. The number of carbonyl (C=O) groups is 1. The standard InChI is InChI=1S/C21H20FN5OS/c22-17-8-4-7-16(13-17)19-25-21-27(26-19)18(14-29-21)10-12-24-20(28)23-11-9-15-5-2-1-3-6-15/h1-8,13-14H,9-12H2,(H2,23,24,28). The fourth-order valence-electron chi connectivity index (χ4n) is 2.98. The summed E-state index contributed by atoms with van der Waals surface area (Å²) < 4.78 is 15.2. The summed E-state index contributed by atoms with van der Waals surface area (Å²) in [6, 6.07) is 16.1. The van der Waals surface area contributed by atoms with E-state index < -0.39 is 0 Å². The number of aromatic nitrogens is 3. The van der Waals surface area contributed by atoms with Gasteiger partial charge in [0.2, 0.25) is 4.96 Å². The SMILES string of the molecule is O=C(NCCc1ccccc1)NCCc1csc2nc(-c3cccc(F)c3)nn12. The van der Waals surface area contributed by atoms with Crippen LogP contribution in [0, 0.1) is 5.82 Å².